The molecular weight excluding hydrogens is 225 g/mol. The maximum absolute atomic E-state index is 13.2. The van der Waals surface area contributed by atoms with Crippen molar-refractivity contribution in [3.63, 3.8) is 0 Å². The van der Waals surface area contributed by atoms with Gasteiger partial charge in [0, 0.05) is 19.8 Å². The molecule has 5 heteroatoms. The Balaban J connectivity index is 2.45. The Labute approximate surface area is 98.0 Å². The molecule has 0 spiro atoms. The number of rotatable bonds is 2. The first kappa shape index (κ1) is 11.6. The predicted octanol–water partition coefficient (Wildman–Crippen LogP) is 1.45. The van der Waals surface area contributed by atoms with Gasteiger partial charge in [-0.1, -0.05) is 6.07 Å². The average molecular weight is 237 g/mol. The number of benzene rings is 1. The quantitative estimate of drug-likeness (QED) is 0.577. The number of cyclic esters (lactones) is 2. The third-order valence-electron chi connectivity index (χ3n) is 2.72. The summed E-state index contributed by atoms with van der Waals surface area (Å²) in [7, 11) is 3.50. The smallest absolute Gasteiger partial charge is 0.321 e. The van der Waals surface area contributed by atoms with Crippen LogP contribution in [-0.4, -0.2) is 26.0 Å². The number of nitrogens with zero attached hydrogens (tertiary/aromatic N) is 1. The fraction of sp³-hybridized carbons (Fsp3) is 0.333. The van der Waals surface area contributed by atoms with Gasteiger partial charge in [-0.3, -0.25) is 9.59 Å². The molecule has 0 saturated carbocycles. The van der Waals surface area contributed by atoms with E-state index >= 15 is 0 Å². The summed E-state index contributed by atoms with van der Waals surface area (Å²) in [6, 6.07) is 4.14. The molecule has 0 aliphatic carbocycles. The second-order valence-electron chi connectivity index (χ2n) is 4.15. The van der Waals surface area contributed by atoms with Crippen LogP contribution in [0.3, 0.4) is 0 Å². The van der Waals surface area contributed by atoms with Crippen LogP contribution in [-0.2, 0) is 14.3 Å². The van der Waals surface area contributed by atoms with Crippen molar-refractivity contribution in [3.8, 4) is 0 Å². The minimum atomic E-state index is -0.625. The molecule has 0 aromatic heterocycles. The highest BCUT2D eigenvalue weighted by Gasteiger charge is 2.36. The molecule has 1 unspecified atom stereocenters. The van der Waals surface area contributed by atoms with E-state index in [2.05, 4.69) is 4.74 Å². The van der Waals surface area contributed by atoms with Crippen LogP contribution in [0.2, 0.25) is 0 Å². The zero-order valence-corrected chi connectivity index (χ0v) is 9.57. The number of hydrogen-bond acceptors (Lipinski definition) is 4. The monoisotopic (exact) mass is 237 g/mol. The minimum absolute atomic E-state index is 0.0192. The third kappa shape index (κ3) is 2.13. The Morgan fingerprint density at radius 2 is 2.06 bits per heavy atom. The maximum atomic E-state index is 13.2. The highest BCUT2D eigenvalue weighted by molar-refractivity contribution is 5.98. The normalized spacial score (nSPS) is 19.4. The first-order chi connectivity index (χ1) is 7.99. The standard InChI is InChI=1S/C12H12FNO3/c1-14(2)10-5-7(13)3-4-8(10)9-6-11(15)17-12(9)16/h3-5,9H,6H2,1-2H3. The molecule has 1 aliphatic rings. The van der Waals surface area contributed by atoms with Crippen LogP contribution in [0.5, 0.6) is 0 Å². The molecule has 0 radical (unpaired) electrons. The molecule has 0 N–H and O–H groups in total. The van der Waals surface area contributed by atoms with Gasteiger partial charge in [-0.05, 0) is 17.7 Å². The molecule has 1 saturated heterocycles. The van der Waals surface area contributed by atoms with Gasteiger partial charge in [-0.15, -0.1) is 0 Å². The van der Waals surface area contributed by atoms with Gasteiger partial charge in [0.05, 0.1) is 12.3 Å². The lowest BCUT2D eigenvalue weighted by molar-refractivity contribution is -0.152. The van der Waals surface area contributed by atoms with Gasteiger partial charge in [-0.25, -0.2) is 4.39 Å². The number of anilines is 1. The Hall–Kier alpha value is -1.91. The van der Waals surface area contributed by atoms with Gasteiger partial charge < -0.3 is 9.64 Å². The molecule has 1 aliphatic heterocycles. The Bertz CT molecular complexity index is 485. The molecule has 1 fully saturated rings. The summed E-state index contributed by atoms with van der Waals surface area (Å²) in [5.41, 5.74) is 1.20. The second kappa shape index (κ2) is 4.16. The number of carbonyl (C=O) groups excluding carboxylic acids is 2. The zero-order valence-electron chi connectivity index (χ0n) is 9.57. The maximum Gasteiger partial charge on any atom is 0.321 e. The summed E-state index contributed by atoms with van der Waals surface area (Å²) < 4.78 is 17.7. The Morgan fingerprint density at radius 3 is 2.59 bits per heavy atom. The van der Waals surface area contributed by atoms with E-state index in [1.54, 1.807) is 19.0 Å². The lowest BCUT2D eigenvalue weighted by Gasteiger charge is -2.19. The van der Waals surface area contributed by atoms with Gasteiger partial charge in [0.15, 0.2) is 0 Å². The van der Waals surface area contributed by atoms with Crippen LogP contribution in [0.1, 0.15) is 17.9 Å². The van der Waals surface area contributed by atoms with Crippen LogP contribution in [0.15, 0.2) is 18.2 Å². The summed E-state index contributed by atoms with van der Waals surface area (Å²) >= 11 is 0. The first-order valence-electron chi connectivity index (χ1n) is 5.20. The SMILES string of the molecule is CN(C)c1cc(F)ccc1C1CC(=O)OC1=O. The zero-order chi connectivity index (χ0) is 12.6. The fourth-order valence-corrected chi connectivity index (χ4v) is 1.91. The molecule has 1 atom stereocenters. The van der Waals surface area contributed by atoms with Crippen LogP contribution >= 0.6 is 0 Å². The summed E-state index contributed by atoms with van der Waals surface area (Å²) in [6.45, 7) is 0. The number of esters is 2. The summed E-state index contributed by atoms with van der Waals surface area (Å²) in [5, 5.41) is 0. The van der Waals surface area contributed by atoms with E-state index in [4.69, 9.17) is 0 Å². The van der Waals surface area contributed by atoms with E-state index in [1.807, 2.05) is 0 Å². The summed E-state index contributed by atoms with van der Waals surface area (Å²) in [4.78, 5) is 24.2. The average Bonchev–Trinajstić information content (AvgIpc) is 2.57. The van der Waals surface area contributed by atoms with Crippen LogP contribution < -0.4 is 4.90 Å². The van der Waals surface area contributed by atoms with Gasteiger partial charge >= 0.3 is 11.9 Å². The van der Waals surface area contributed by atoms with Crippen molar-refractivity contribution in [3.05, 3.63) is 29.6 Å². The molecular formula is C12H12FNO3. The van der Waals surface area contributed by atoms with E-state index < -0.39 is 17.9 Å². The highest BCUT2D eigenvalue weighted by Crippen LogP contribution is 2.34. The van der Waals surface area contributed by atoms with Crippen molar-refractivity contribution >= 4 is 17.6 Å². The molecule has 4 nitrogen and oxygen atoms in total. The lowest BCUT2D eigenvalue weighted by atomic mass is 9.95. The number of ether oxygens (including phenoxy) is 1. The summed E-state index contributed by atoms with van der Waals surface area (Å²) in [5.74, 6) is -2.10. The van der Waals surface area contributed by atoms with Crippen molar-refractivity contribution in [2.75, 3.05) is 19.0 Å². The van der Waals surface area contributed by atoms with Crippen molar-refractivity contribution in [2.45, 2.75) is 12.3 Å². The van der Waals surface area contributed by atoms with E-state index in [0.29, 0.717) is 11.3 Å². The van der Waals surface area contributed by atoms with Crippen LogP contribution in [0.4, 0.5) is 10.1 Å². The van der Waals surface area contributed by atoms with Gasteiger partial charge in [0.25, 0.3) is 0 Å². The van der Waals surface area contributed by atoms with Gasteiger partial charge in [0.1, 0.15) is 5.82 Å². The molecule has 1 aromatic carbocycles. The third-order valence-corrected chi connectivity index (χ3v) is 2.72. The minimum Gasteiger partial charge on any atom is -0.393 e. The molecule has 0 bridgehead atoms. The fourth-order valence-electron chi connectivity index (χ4n) is 1.91. The van der Waals surface area contributed by atoms with Crippen LogP contribution in [0, 0.1) is 5.82 Å². The molecule has 2 rings (SSSR count). The largest absolute Gasteiger partial charge is 0.393 e. The van der Waals surface area contributed by atoms with Gasteiger partial charge in [0.2, 0.25) is 0 Å². The molecule has 17 heavy (non-hydrogen) atoms. The van der Waals surface area contributed by atoms with E-state index in [-0.39, 0.29) is 12.2 Å². The molecule has 90 valence electrons. The van der Waals surface area contributed by atoms with Crippen molar-refractivity contribution in [2.24, 2.45) is 0 Å². The van der Waals surface area contributed by atoms with Crippen LogP contribution in [0.25, 0.3) is 0 Å². The first-order valence-corrected chi connectivity index (χ1v) is 5.20. The molecule has 0 amide bonds. The Morgan fingerprint density at radius 1 is 1.35 bits per heavy atom. The molecule has 1 aromatic rings. The van der Waals surface area contributed by atoms with Gasteiger partial charge in [-0.2, -0.15) is 0 Å². The summed E-state index contributed by atoms with van der Waals surface area (Å²) in [6.07, 6.45) is 0.0192. The number of hydrogen-bond donors (Lipinski definition) is 0. The van der Waals surface area contributed by atoms with Crippen molar-refractivity contribution in [1.82, 2.24) is 0 Å². The molecule has 1 heterocycles. The highest BCUT2D eigenvalue weighted by atomic mass is 19.1. The van der Waals surface area contributed by atoms with E-state index in [9.17, 15) is 14.0 Å². The topological polar surface area (TPSA) is 46.6 Å². The second-order valence-corrected chi connectivity index (χ2v) is 4.15. The van der Waals surface area contributed by atoms with E-state index in [1.165, 1.54) is 18.2 Å². The Kier molecular flexibility index (Phi) is 2.83. The number of carbonyl (C=O) groups is 2. The lowest BCUT2D eigenvalue weighted by Crippen LogP contribution is -2.15. The van der Waals surface area contributed by atoms with Crippen molar-refractivity contribution in [1.29, 1.82) is 0 Å². The van der Waals surface area contributed by atoms with Crippen molar-refractivity contribution < 1.29 is 18.7 Å². The predicted molar refractivity (Wildman–Crippen MR) is 59.2 cm³/mol. The number of halogens is 1. The van der Waals surface area contributed by atoms with E-state index in [0.717, 1.165) is 0 Å².